The van der Waals surface area contributed by atoms with Crippen LogP contribution in [0.25, 0.3) is 10.8 Å². The molecule has 10 heteroatoms. The second-order valence-corrected chi connectivity index (χ2v) is 12.8. The van der Waals surface area contributed by atoms with Crippen LogP contribution in [0.1, 0.15) is 50.3 Å². The van der Waals surface area contributed by atoms with E-state index < -0.39 is 17.5 Å². The predicted molar refractivity (Wildman–Crippen MR) is 161 cm³/mol. The van der Waals surface area contributed by atoms with Gasteiger partial charge in [0, 0.05) is 67.4 Å². The number of anilines is 2. The lowest BCUT2D eigenvalue weighted by Gasteiger charge is -2.47. The summed E-state index contributed by atoms with van der Waals surface area (Å²) in [6, 6.07) is 7.20. The molecule has 0 aliphatic carbocycles. The van der Waals surface area contributed by atoms with Gasteiger partial charge in [0.2, 0.25) is 0 Å². The van der Waals surface area contributed by atoms with Crippen LogP contribution in [-0.2, 0) is 13.0 Å². The van der Waals surface area contributed by atoms with Crippen LogP contribution in [-0.4, -0.2) is 83.1 Å². The minimum Gasteiger partial charge on any atom is -0.508 e. The maximum absolute atomic E-state index is 14.8. The molecule has 1 aromatic heterocycles. The van der Waals surface area contributed by atoms with Gasteiger partial charge in [-0.15, -0.1) is 6.42 Å². The molecule has 224 valence electrons. The van der Waals surface area contributed by atoms with Gasteiger partial charge in [-0.3, -0.25) is 4.90 Å². The summed E-state index contributed by atoms with van der Waals surface area (Å²) in [5.74, 6) is 3.01. The third-order valence-electron chi connectivity index (χ3n) is 10.3. The lowest BCUT2D eigenvalue weighted by Crippen LogP contribution is -2.61. The Kier molecular flexibility index (Phi) is 6.12. The van der Waals surface area contributed by atoms with E-state index in [4.69, 9.17) is 22.5 Å². The number of nitrogens with one attached hydrogen (secondary N) is 1. The molecular formula is C33H36F2N6O2. The molecule has 5 saturated heterocycles. The summed E-state index contributed by atoms with van der Waals surface area (Å²) in [5, 5.41) is 15.5. The maximum Gasteiger partial charge on any atom is 0.318 e. The molecule has 6 aliphatic rings. The Balaban J connectivity index is 1.17. The summed E-state index contributed by atoms with van der Waals surface area (Å²) < 4.78 is 44.1. The fraction of sp³-hybridized carbons (Fsp3) is 0.515. The van der Waals surface area contributed by atoms with Gasteiger partial charge in [-0.1, -0.05) is 12.0 Å². The molecule has 4 atom stereocenters. The van der Waals surface area contributed by atoms with Gasteiger partial charge in [0.05, 0.1) is 24.7 Å². The van der Waals surface area contributed by atoms with E-state index >= 15 is 0 Å². The van der Waals surface area contributed by atoms with Crippen LogP contribution in [0.2, 0.25) is 0 Å². The van der Waals surface area contributed by atoms with Crippen molar-refractivity contribution in [1.29, 1.82) is 0 Å². The number of aromatic hydroxyl groups is 1. The number of fused-ring (bicyclic) bond motifs is 6. The second-order valence-electron chi connectivity index (χ2n) is 12.8. The SMILES string of the molecule is [2H][C@]1(F)CN2CCC[C@@]2(COc2nc3c(c(N4CC5CCC4CN5)n2)CCN(c2cc(O)cc4ccc(F)c(C#C)c24)C3)C1. The first-order valence-electron chi connectivity index (χ1n) is 15.9. The maximum atomic E-state index is 14.8. The van der Waals surface area contributed by atoms with E-state index in [2.05, 4.69) is 25.9 Å². The van der Waals surface area contributed by atoms with Crippen LogP contribution in [0.15, 0.2) is 24.3 Å². The molecule has 0 radical (unpaired) electrons. The lowest BCUT2D eigenvalue weighted by molar-refractivity contribution is 0.107. The number of piperazine rings is 1. The Bertz CT molecular complexity index is 1690. The van der Waals surface area contributed by atoms with Gasteiger partial charge in [-0.2, -0.15) is 9.97 Å². The van der Waals surface area contributed by atoms with Gasteiger partial charge in [-0.05, 0) is 56.2 Å². The summed E-state index contributed by atoms with van der Waals surface area (Å²) in [7, 11) is 0. The van der Waals surface area contributed by atoms with Crippen LogP contribution >= 0.6 is 0 Å². The molecule has 2 bridgehead atoms. The van der Waals surface area contributed by atoms with E-state index in [-0.39, 0.29) is 36.9 Å². The number of aromatic nitrogens is 2. The number of benzene rings is 2. The molecule has 43 heavy (non-hydrogen) atoms. The Hall–Kier alpha value is -3.68. The molecule has 3 aromatic rings. The lowest BCUT2D eigenvalue weighted by atomic mass is 9.92. The molecular weight excluding hydrogens is 550 g/mol. The number of hydrogen-bond acceptors (Lipinski definition) is 8. The number of phenols is 1. The van der Waals surface area contributed by atoms with Gasteiger partial charge in [0.15, 0.2) is 0 Å². The topological polar surface area (TPSA) is 77.0 Å². The Morgan fingerprint density at radius 3 is 2.93 bits per heavy atom. The normalized spacial score (nSPS) is 30.3. The quantitative estimate of drug-likeness (QED) is 0.436. The summed E-state index contributed by atoms with van der Waals surface area (Å²) in [6.45, 7) is 3.88. The highest BCUT2D eigenvalue weighted by Crippen LogP contribution is 2.42. The molecule has 0 saturated carbocycles. The van der Waals surface area contributed by atoms with Gasteiger partial charge in [0.1, 0.15) is 30.1 Å². The van der Waals surface area contributed by atoms with Crippen molar-refractivity contribution >= 4 is 22.3 Å². The fourth-order valence-electron chi connectivity index (χ4n) is 8.13. The summed E-state index contributed by atoms with van der Waals surface area (Å²) in [6.07, 6.45) is 8.52. The van der Waals surface area contributed by atoms with Gasteiger partial charge in [0.25, 0.3) is 0 Å². The largest absolute Gasteiger partial charge is 0.508 e. The Morgan fingerprint density at radius 2 is 2.14 bits per heavy atom. The van der Waals surface area contributed by atoms with Gasteiger partial charge < -0.3 is 25.0 Å². The predicted octanol–water partition coefficient (Wildman–Crippen LogP) is 3.91. The van der Waals surface area contributed by atoms with E-state index in [0.29, 0.717) is 48.1 Å². The average molecular weight is 588 g/mol. The van der Waals surface area contributed by atoms with Crippen molar-refractivity contribution in [2.75, 3.05) is 49.1 Å². The van der Waals surface area contributed by atoms with E-state index in [1.807, 2.05) is 0 Å². The number of alkyl halides is 1. The molecule has 5 fully saturated rings. The summed E-state index contributed by atoms with van der Waals surface area (Å²) in [4.78, 5) is 16.5. The van der Waals surface area contributed by atoms with Crippen LogP contribution in [0.3, 0.4) is 0 Å². The van der Waals surface area contributed by atoms with Gasteiger partial charge in [-0.25, -0.2) is 8.78 Å². The third kappa shape index (κ3) is 4.47. The Labute approximate surface area is 251 Å². The monoisotopic (exact) mass is 587 g/mol. The van der Waals surface area contributed by atoms with Crippen molar-refractivity contribution in [3.63, 3.8) is 0 Å². The number of terminal acetylenes is 1. The number of ether oxygens (including phenoxy) is 1. The number of rotatable bonds is 5. The first-order valence-corrected chi connectivity index (χ1v) is 15.4. The zero-order valence-corrected chi connectivity index (χ0v) is 24.1. The highest BCUT2D eigenvalue weighted by Gasteiger charge is 2.49. The molecule has 8 nitrogen and oxygen atoms in total. The van der Waals surface area contributed by atoms with E-state index in [1.54, 1.807) is 18.2 Å². The zero-order chi connectivity index (χ0) is 30.2. The first-order chi connectivity index (χ1) is 21.2. The smallest absolute Gasteiger partial charge is 0.318 e. The number of halogens is 2. The molecule has 2 aromatic carbocycles. The van der Waals surface area contributed by atoms with E-state index in [1.165, 1.54) is 6.07 Å². The van der Waals surface area contributed by atoms with E-state index in [0.717, 1.165) is 62.4 Å². The van der Waals surface area contributed by atoms with Crippen LogP contribution < -0.4 is 19.9 Å². The van der Waals surface area contributed by atoms with E-state index in [9.17, 15) is 13.9 Å². The van der Waals surface area contributed by atoms with Crippen molar-refractivity contribution in [2.45, 2.75) is 68.8 Å². The molecule has 2 N–H and O–H groups in total. The van der Waals surface area contributed by atoms with Crippen molar-refractivity contribution < 1.29 is 20.0 Å². The molecule has 9 rings (SSSR count). The minimum atomic E-state index is -1.98. The fourth-order valence-corrected chi connectivity index (χ4v) is 8.13. The van der Waals surface area contributed by atoms with Crippen LogP contribution in [0.4, 0.5) is 20.3 Å². The molecule has 0 spiro atoms. The van der Waals surface area contributed by atoms with Crippen LogP contribution in [0.5, 0.6) is 11.8 Å². The first kappa shape index (κ1) is 25.8. The highest BCUT2D eigenvalue weighted by molar-refractivity contribution is 6.00. The van der Waals surface area contributed by atoms with Crippen molar-refractivity contribution in [2.24, 2.45) is 0 Å². The molecule has 0 amide bonds. The van der Waals surface area contributed by atoms with Crippen molar-refractivity contribution in [1.82, 2.24) is 20.2 Å². The summed E-state index contributed by atoms with van der Waals surface area (Å²) >= 11 is 0. The standard InChI is InChI=1S/C33H36F2N6O2/c1-2-25-27(35)7-4-20-12-24(42)13-29(30(20)25)39-11-8-26-28(18-39)37-32(38-31(26)41-17-22-5-6-23(41)15-36-22)43-19-33-9-3-10-40(33)16-21(34)14-33/h1,4,7,12-13,21-23,36,42H,3,5-6,8-11,14-19H2/t21-,22?,23?,33+/m1/s1/i21D. The number of piperidine rings is 2. The molecule has 2 unspecified atom stereocenters. The number of hydrogen-bond donors (Lipinski definition) is 2. The molecule has 7 heterocycles. The number of nitrogens with zero attached hydrogens (tertiary/aromatic N) is 5. The zero-order valence-electron chi connectivity index (χ0n) is 25.1. The number of phenolic OH excluding ortho intramolecular Hbond substituents is 1. The minimum absolute atomic E-state index is 0.0763. The van der Waals surface area contributed by atoms with Crippen molar-refractivity contribution in [3.8, 4) is 24.1 Å². The van der Waals surface area contributed by atoms with Gasteiger partial charge >= 0.3 is 6.01 Å². The average Bonchev–Trinajstić information content (AvgIpc) is 3.51. The second kappa shape index (κ2) is 10.2. The Morgan fingerprint density at radius 1 is 1.23 bits per heavy atom. The van der Waals surface area contributed by atoms with Crippen LogP contribution in [0, 0.1) is 18.2 Å². The summed E-state index contributed by atoms with van der Waals surface area (Å²) in [5.41, 5.74) is 2.19. The third-order valence-corrected chi connectivity index (χ3v) is 10.3. The highest BCUT2D eigenvalue weighted by atomic mass is 19.1. The molecule has 6 aliphatic heterocycles. The van der Waals surface area contributed by atoms with Crippen molar-refractivity contribution in [3.05, 3.63) is 46.9 Å².